The van der Waals surface area contributed by atoms with Crippen LogP contribution in [0.25, 0.3) is 0 Å². The maximum Gasteiger partial charge on any atom is 0.224 e. The number of anilines is 2. The number of aromatic nitrogens is 4. The van der Waals surface area contributed by atoms with Crippen molar-refractivity contribution in [3.8, 4) is 0 Å². The van der Waals surface area contributed by atoms with Crippen LogP contribution in [0.3, 0.4) is 0 Å². The first-order valence-electron chi connectivity index (χ1n) is 6.53. The van der Waals surface area contributed by atoms with E-state index in [4.69, 9.17) is 11.6 Å². The number of benzene rings is 1. The van der Waals surface area contributed by atoms with Gasteiger partial charge < -0.3 is 5.32 Å². The van der Waals surface area contributed by atoms with Crippen LogP contribution in [0.1, 0.15) is 11.1 Å². The zero-order valence-corrected chi connectivity index (χ0v) is 12.2. The second-order valence-electron chi connectivity index (χ2n) is 4.71. The minimum absolute atomic E-state index is 0.222. The largest absolute Gasteiger partial charge is 0.337 e. The second kappa shape index (κ2) is 5.93. The Balaban J connectivity index is 1.75. The molecule has 21 heavy (non-hydrogen) atoms. The molecule has 5 nitrogen and oxygen atoms in total. The third-order valence-electron chi connectivity index (χ3n) is 3.03. The van der Waals surface area contributed by atoms with Crippen molar-refractivity contribution in [3.05, 3.63) is 65.3 Å². The standard InChI is InChI=1S/C15H14ClN5/c1-11-7-17-15(16)20-14(11)19-13-8-18-21(10-13)9-12-5-3-2-4-6-12/h2-8,10H,9H2,1H3,(H,17,19,20). The van der Waals surface area contributed by atoms with Crippen LogP contribution in [0.15, 0.2) is 48.9 Å². The summed E-state index contributed by atoms with van der Waals surface area (Å²) in [5.74, 6) is 0.689. The monoisotopic (exact) mass is 299 g/mol. The average molecular weight is 300 g/mol. The number of hydrogen-bond acceptors (Lipinski definition) is 4. The maximum atomic E-state index is 5.81. The summed E-state index contributed by atoms with van der Waals surface area (Å²) in [6.45, 7) is 2.65. The molecule has 3 aromatic rings. The van der Waals surface area contributed by atoms with Gasteiger partial charge in [0.25, 0.3) is 0 Å². The van der Waals surface area contributed by atoms with Crippen molar-refractivity contribution in [1.82, 2.24) is 19.7 Å². The molecule has 0 radical (unpaired) electrons. The summed E-state index contributed by atoms with van der Waals surface area (Å²) in [6.07, 6.45) is 5.38. The lowest BCUT2D eigenvalue weighted by Crippen LogP contribution is -2.00. The molecule has 2 aromatic heterocycles. The van der Waals surface area contributed by atoms with Gasteiger partial charge in [0, 0.05) is 18.0 Å². The van der Waals surface area contributed by atoms with Gasteiger partial charge in [-0.2, -0.15) is 5.10 Å². The Morgan fingerprint density at radius 2 is 2.00 bits per heavy atom. The van der Waals surface area contributed by atoms with E-state index < -0.39 is 0 Å². The van der Waals surface area contributed by atoms with Crippen LogP contribution in [0.4, 0.5) is 11.5 Å². The Morgan fingerprint density at radius 3 is 2.81 bits per heavy atom. The quantitative estimate of drug-likeness (QED) is 0.750. The molecular formula is C15H14ClN5. The van der Waals surface area contributed by atoms with Gasteiger partial charge in [-0.25, -0.2) is 9.97 Å². The van der Waals surface area contributed by atoms with Crippen molar-refractivity contribution in [1.29, 1.82) is 0 Å². The molecule has 0 unspecified atom stereocenters. The second-order valence-corrected chi connectivity index (χ2v) is 5.05. The molecule has 1 aromatic carbocycles. The summed E-state index contributed by atoms with van der Waals surface area (Å²) < 4.78 is 1.87. The fourth-order valence-electron chi connectivity index (χ4n) is 1.97. The number of nitrogens with zero attached hydrogens (tertiary/aromatic N) is 4. The van der Waals surface area contributed by atoms with Gasteiger partial charge in [-0.15, -0.1) is 0 Å². The molecule has 0 aliphatic rings. The van der Waals surface area contributed by atoms with Gasteiger partial charge in [0.2, 0.25) is 5.28 Å². The van der Waals surface area contributed by atoms with E-state index in [2.05, 4.69) is 32.5 Å². The molecule has 0 fully saturated rings. The van der Waals surface area contributed by atoms with Gasteiger partial charge in [-0.3, -0.25) is 4.68 Å². The van der Waals surface area contributed by atoms with Crippen LogP contribution < -0.4 is 5.32 Å². The first kappa shape index (κ1) is 13.6. The molecule has 0 saturated heterocycles. The molecule has 0 aliphatic heterocycles. The fraction of sp³-hybridized carbons (Fsp3) is 0.133. The minimum atomic E-state index is 0.222. The fourth-order valence-corrected chi connectivity index (χ4v) is 2.10. The summed E-state index contributed by atoms with van der Waals surface area (Å²) in [7, 11) is 0. The molecule has 2 heterocycles. The lowest BCUT2D eigenvalue weighted by Gasteiger charge is -2.05. The summed E-state index contributed by atoms with van der Waals surface area (Å²) in [5.41, 5.74) is 2.99. The van der Waals surface area contributed by atoms with E-state index >= 15 is 0 Å². The predicted molar refractivity (Wildman–Crippen MR) is 82.8 cm³/mol. The number of aryl methyl sites for hydroxylation is 1. The number of nitrogens with one attached hydrogen (secondary N) is 1. The highest BCUT2D eigenvalue weighted by atomic mass is 35.5. The van der Waals surface area contributed by atoms with E-state index in [1.807, 2.05) is 36.0 Å². The van der Waals surface area contributed by atoms with Crippen molar-refractivity contribution in [2.75, 3.05) is 5.32 Å². The minimum Gasteiger partial charge on any atom is -0.337 e. The van der Waals surface area contributed by atoms with Gasteiger partial charge in [-0.05, 0) is 24.1 Å². The van der Waals surface area contributed by atoms with Gasteiger partial charge in [-0.1, -0.05) is 30.3 Å². The molecule has 106 valence electrons. The maximum absolute atomic E-state index is 5.81. The van der Waals surface area contributed by atoms with Crippen molar-refractivity contribution in [2.24, 2.45) is 0 Å². The Kier molecular flexibility index (Phi) is 3.83. The normalized spacial score (nSPS) is 10.6. The Morgan fingerprint density at radius 1 is 1.19 bits per heavy atom. The van der Waals surface area contributed by atoms with Crippen LogP contribution >= 0.6 is 11.6 Å². The highest BCUT2D eigenvalue weighted by Gasteiger charge is 2.05. The van der Waals surface area contributed by atoms with E-state index in [9.17, 15) is 0 Å². The average Bonchev–Trinajstić information content (AvgIpc) is 2.91. The zero-order valence-electron chi connectivity index (χ0n) is 11.5. The topological polar surface area (TPSA) is 55.6 Å². The van der Waals surface area contributed by atoms with Crippen molar-refractivity contribution >= 4 is 23.1 Å². The summed E-state index contributed by atoms with van der Waals surface area (Å²) in [4.78, 5) is 8.10. The number of halogens is 1. The van der Waals surface area contributed by atoms with Crippen LogP contribution in [-0.4, -0.2) is 19.7 Å². The molecule has 1 N–H and O–H groups in total. The van der Waals surface area contributed by atoms with Crippen molar-refractivity contribution in [2.45, 2.75) is 13.5 Å². The van der Waals surface area contributed by atoms with Crippen LogP contribution in [0.5, 0.6) is 0 Å². The third-order valence-corrected chi connectivity index (χ3v) is 3.21. The van der Waals surface area contributed by atoms with E-state index in [-0.39, 0.29) is 5.28 Å². The molecule has 0 saturated carbocycles. The number of rotatable bonds is 4. The highest BCUT2D eigenvalue weighted by Crippen LogP contribution is 2.18. The van der Waals surface area contributed by atoms with Gasteiger partial charge in [0.05, 0.1) is 18.4 Å². The summed E-state index contributed by atoms with van der Waals surface area (Å²) in [5, 5.41) is 7.76. The first-order valence-corrected chi connectivity index (χ1v) is 6.91. The van der Waals surface area contributed by atoms with E-state index in [0.29, 0.717) is 5.82 Å². The van der Waals surface area contributed by atoms with Gasteiger partial charge in [0.15, 0.2) is 0 Å². The molecule has 0 atom stereocenters. The van der Waals surface area contributed by atoms with Crippen LogP contribution in [-0.2, 0) is 6.54 Å². The molecular weight excluding hydrogens is 286 g/mol. The molecule has 0 bridgehead atoms. The van der Waals surface area contributed by atoms with E-state index in [0.717, 1.165) is 17.8 Å². The molecule has 0 aliphatic carbocycles. The third kappa shape index (κ3) is 3.38. The lowest BCUT2D eigenvalue weighted by atomic mass is 10.2. The Labute approximate surface area is 127 Å². The van der Waals surface area contributed by atoms with Crippen LogP contribution in [0, 0.1) is 6.92 Å². The molecule has 3 rings (SSSR count). The molecule has 0 amide bonds. The summed E-state index contributed by atoms with van der Waals surface area (Å²) in [6, 6.07) is 10.2. The predicted octanol–water partition coefficient (Wildman–Crippen LogP) is 3.43. The Hall–Kier alpha value is -2.40. The highest BCUT2D eigenvalue weighted by molar-refractivity contribution is 6.28. The van der Waals surface area contributed by atoms with E-state index in [1.165, 1.54) is 5.56 Å². The van der Waals surface area contributed by atoms with Gasteiger partial charge in [0.1, 0.15) is 5.82 Å². The van der Waals surface area contributed by atoms with Gasteiger partial charge >= 0.3 is 0 Å². The SMILES string of the molecule is Cc1cnc(Cl)nc1Nc1cnn(Cc2ccccc2)c1. The van der Waals surface area contributed by atoms with E-state index in [1.54, 1.807) is 12.4 Å². The van der Waals surface area contributed by atoms with Crippen LogP contribution in [0.2, 0.25) is 5.28 Å². The van der Waals surface area contributed by atoms with Crippen molar-refractivity contribution < 1.29 is 0 Å². The molecule has 0 spiro atoms. The zero-order chi connectivity index (χ0) is 14.7. The molecule has 6 heteroatoms. The first-order chi connectivity index (χ1) is 10.2. The smallest absolute Gasteiger partial charge is 0.224 e. The van der Waals surface area contributed by atoms with Crippen molar-refractivity contribution in [3.63, 3.8) is 0 Å². The Bertz CT molecular complexity index is 739. The number of hydrogen-bond donors (Lipinski definition) is 1. The summed E-state index contributed by atoms with van der Waals surface area (Å²) >= 11 is 5.81. The lowest BCUT2D eigenvalue weighted by molar-refractivity contribution is 0.687.